The Labute approximate surface area is 314 Å². The van der Waals surface area contributed by atoms with Crippen LogP contribution in [0.1, 0.15) is 37.3 Å². The van der Waals surface area contributed by atoms with Crippen molar-refractivity contribution in [3.8, 4) is 22.8 Å². The van der Waals surface area contributed by atoms with Crippen molar-refractivity contribution < 1.29 is 14.3 Å². The molecule has 4 aliphatic heterocycles. The van der Waals surface area contributed by atoms with Gasteiger partial charge < -0.3 is 15.4 Å². The standard InChI is InChI=1S/C42H45N9O3/c43-40-38-39(27-8-13-36(14-9-27)54-35-4-2-1-3-5-35)47-51(41(38)45-25-44-40)32-17-29-19-48(20-30(29)18-32)33-23-50(24-33)34-21-49(22-34)31-11-6-26(7-12-31)16-28-10-15-37(52)46-42(28)53/h1-9,11-14,25,28-30,32-34H,10,15-24H2,(H2,43,44,45)(H,46,52,53). The molecule has 10 rings (SSSR count). The van der Waals surface area contributed by atoms with Crippen molar-refractivity contribution in [2.24, 2.45) is 17.8 Å². The molecule has 54 heavy (non-hydrogen) atoms. The summed E-state index contributed by atoms with van der Waals surface area (Å²) in [5, 5.41) is 8.47. The Morgan fingerprint density at radius 2 is 1.44 bits per heavy atom. The molecule has 12 heteroatoms. The van der Waals surface area contributed by atoms with Gasteiger partial charge in [0.05, 0.1) is 11.4 Å². The van der Waals surface area contributed by atoms with E-state index in [9.17, 15) is 9.59 Å². The number of likely N-dealkylation sites (tertiary alicyclic amines) is 2. The summed E-state index contributed by atoms with van der Waals surface area (Å²) < 4.78 is 8.16. The van der Waals surface area contributed by atoms with Crippen LogP contribution in [0.4, 0.5) is 11.5 Å². The number of fused-ring (bicyclic) bond motifs is 2. The van der Waals surface area contributed by atoms with E-state index in [2.05, 4.69) is 53.9 Å². The maximum Gasteiger partial charge on any atom is 0.230 e. The number of anilines is 2. The molecule has 12 nitrogen and oxygen atoms in total. The highest BCUT2D eigenvalue weighted by Gasteiger charge is 2.48. The van der Waals surface area contributed by atoms with Crippen molar-refractivity contribution >= 4 is 34.4 Å². The average Bonchev–Trinajstić information content (AvgIpc) is 3.84. The van der Waals surface area contributed by atoms with Crippen molar-refractivity contribution in [3.63, 3.8) is 0 Å². The number of piperidine rings is 1. The number of nitrogens with one attached hydrogen (secondary N) is 1. The summed E-state index contributed by atoms with van der Waals surface area (Å²) in [6.07, 6.45) is 5.51. The van der Waals surface area contributed by atoms with Crippen LogP contribution >= 0.6 is 0 Å². The third-order valence-electron chi connectivity index (χ3n) is 12.6. The van der Waals surface area contributed by atoms with Gasteiger partial charge in [0.2, 0.25) is 11.8 Å². The molecule has 5 fully saturated rings. The highest BCUT2D eigenvalue weighted by Crippen LogP contribution is 2.47. The van der Waals surface area contributed by atoms with Gasteiger partial charge in [-0.3, -0.25) is 24.7 Å². The molecule has 3 unspecified atom stereocenters. The zero-order valence-corrected chi connectivity index (χ0v) is 30.3. The largest absolute Gasteiger partial charge is 0.457 e. The summed E-state index contributed by atoms with van der Waals surface area (Å²) in [7, 11) is 0. The molecule has 0 spiro atoms. The number of carbonyl (C=O) groups is 2. The minimum absolute atomic E-state index is 0.116. The molecule has 1 aliphatic carbocycles. The molecule has 5 aromatic rings. The van der Waals surface area contributed by atoms with E-state index in [1.165, 1.54) is 5.69 Å². The number of carbonyl (C=O) groups excluding carboxylic acids is 2. The van der Waals surface area contributed by atoms with E-state index in [1.807, 2.05) is 54.6 Å². The van der Waals surface area contributed by atoms with Crippen LogP contribution in [0.15, 0.2) is 85.2 Å². The summed E-state index contributed by atoms with van der Waals surface area (Å²) in [6, 6.07) is 28.0. The Kier molecular flexibility index (Phi) is 8.32. The van der Waals surface area contributed by atoms with Gasteiger partial charge in [0, 0.05) is 74.9 Å². The van der Waals surface area contributed by atoms with Gasteiger partial charge in [-0.1, -0.05) is 30.3 Å². The molecule has 3 N–H and O–H groups in total. The summed E-state index contributed by atoms with van der Waals surface area (Å²) in [6.45, 7) is 6.76. The number of hydrogen-bond acceptors (Lipinski definition) is 10. The molecular formula is C42H45N9O3. The summed E-state index contributed by atoms with van der Waals surface area (Å²) in [5.74, 6) is 2.94. The molecule has 5 aliphatic rings. The van der Waals surface area contributed by atoms with Crippen LogP contribution in [-0.4, -0.2) is 92.7 Å². The molecule has 1 saturated carbocycles. The quantitative estimate of drug-likeness (QED) is 0.202. The van der Waals surface area contributed by atoms with E-state index in [0.29, 0.717) is 55.0 Å². The lowest BCUT2D eigenvalue weighted by Crippen LogP contribution is -2.69. The molecule has 0 bridgehead atoms. The second-order valence-corrected chi connectivity index (χ2v) is 16.0. The number of nitrogens with zero attached hydrogens (tertiary/aromatic N) is 7. The Bertz CT molecular complexity index is 2160. The van der Waals surface area contributed by atoms with Crippen molar-refractivity contribution in [1.29, 1.82) is 0 Å². The number of nitrogens with two attached hydrogens (primary N) is 1. The molecule has 3 atom stereocenters. The van der Waals surface area contributed by atoms with E-state index in [0.717, 1.165) is 91.5 Å². The number of imide groups is 1. The minimum Gasteiger partial charge on any atom is -0.457 e. The van der Waals surface area contributed by atoms with Crippen LogP contribution in [0, 0.1) is 17.8 Å². The number of amides is 2. The number of nitrogen functional groups attached to an aromatic ring is 1. The fraction of sp³-hybridized carbons (Fsp3) is 0.405. The SMILES string of the molecule is Nc1ncnc2c1c(-c1ccc(Oc3ccccc3)cc1)nn2C1CC2CN(C3CN(C4CN(c5ccc(CC6CCC(=O)NC6=O)cc5)C4)C3)CC2C1. The van der Waals surface area contributed by atoms with Gasteiger partial charge >= 0.3 is 0 Å². The molecular weight excluding hydrogens is 679 g/mol. The summed E-state index contributed by atoms with van der Waals surface area (Å²) in [5.41, 5.74) is 11.5. The number of rotatable bonds is 9. The van der Waals surface area contributed by atoms with Gasteiger partial charge in [0.25, 0.3) is 0 Å². The lowest BCUT2D eigenvalue weighted by Gasteiger charge is -2.54. The van der Waals surface area contributed by atoms with E-state index in [1.54, 1.807) is 6.33 Å². The maximum atomic E-state index is 12.2. The lowest BCUT2D eigenvalue weighted by atomic mass is 9.91. The molecule has 0 radical (unpaired) electrons. The molecule has 2 amide bonds. The van der Waals surface area contributed by atoms with Gasteiger partial charge in [-0.15, -0.1) is 0 Å². The monoisotopic (exact) mass is 723 g/mol. The Morgan fingerprint density at radius 3 is 2.17 bits per heavy atom. The van der Waals surface area contributed by atoms with E-state index < -0.39 is 0 Å². The fourth-order valence-corrected chi connectivity index (χ4v) is 9.53. The van der Waals surface area contributed by atoms with E-state index in [4.69, 9.17) is 20.6 Å². The highest BCUT2D eigenvalue weighted by molar-refractivity contribution is 5.99. The third-order valence-corrected chi connectivity index (χ3v) is 12.6. The first-order chi connectivity index (χ1) is 26.4. The van der Waals surface area contributed by atoms with Gasteiger partial charge in [0.1, 0.15) is 29.3 Å². The Balaban J connectivity index is 0.723. The van der Waals surface area contributed by atoms with Gasteiger partial charge in [-0.2, -0.15) is 5.10 Å². The smallest absolute Gasteiger partial charge is 0.230 e. The summed E-state index contributed by atoms with van der Waals surface area (Å²) in [4.78, 5) is 40.6. The second kappa shape index (κ2) is 13.5. The van der Waals surface area contributed by atoms with Gasteiger partial charge in [0.15, 0.2) is 5.65 Å². The van der Waals surface area contributed by atoms with Gasteiger partial charge in [-0.05, 0) is 91.6 Å². The van der Waals surface area contributed by atoms with Crippen molar-refractivity contribution in [2.45, 2.75) is 50.2 Å². The zero-order valence-electron chi connectivity index (χ0n) is 30.3. The van der Waals surface area contributed by atoms with Crippen LogP contribution in [0.2, 0.25) is 0 Å². The lowest BCUT2D eigenvalue weighted by molar-refractivity contribution is -0.136. The number of aromatic nitrogens is 4. The van der Waals surface area contributed by atoms with Crippen LogP contribution in [0.25, 0.3) is 22.3 Å². The van der Waals surface area contributed by atoms with E-state index in [-0.39, 0.29) is 17.7 Å². The number of ether oxygens (including phenoxy) is 1. The first-order valence-electron chi connectivity index (χ1n) is 19.4. The van der Waals surface area contributed by atoms with Crippen LogP contribution < -0.4 is 20.7 Å². The molecule has 4 saturated heterocycles. The third kappa shape index (κ3) is 6.16. The highest BCUT2D eigenvalue weighted by atomic mass is 16.5. The van der Waals surface area contributed by atoms with Crippen molar-refractivity contribution in [1.82, 2.24) is 34.9 Å². The Hall–Kier alpha value is -5.33. The molecule has 6 heterocycles. The zero-order chi connectivity index (χ0) is 36.3. The van der Waals surface area contributed by atoms with Crippen LogP contribution in [-0.2, 0) is 16.0 Å². The topological polar surface area (TPSA) is 135 Å². The first-order valence-corrected chi connectivity index (χ1v) is 19.4. The summed E-state index contributed by atoms with van der Waals surface area (Å²) >= 11 is 0. The Morgan fingerprint density at radius 1 is 0.759 bits per heavy atom. The minimum atomic E-state index is -0.157. The van der Waals surface area contributed by atoms with Crippen molar-refractivity contribution in [3.05, 3.63) is 90.8 Å². The molecule has 3 aromatic carbocycles. The second-order valence-electron chi connectivity index (χ2n) is 16.0. The first kappa shape index (κ1) is 33.3. The predicted molar refractivity (Wildman–Crippen MR) is 206 cm³/mol. The average molecular weight is 724 g/mol. The molecule has 2 aromatic heterocycles. The molecule has 276 valence electrons. The van der Waals surface area contributed by atoms with Crippen LogP contribution in [0.5, 0.6) is 11.5 Å². The van der Waals surface area contributed by atoms with Gasteiger partial charge in [-0.25, -0.2) is 14.6 Å². The fourth-order valence-electron chi connectivity index (χ4n) is 9.53. The van der Waals surface area contributed by atoms with Crippen molar-refractivity contribution in [2.75, 3.05) is 49.9 Å². The normalized spacial score (nSPS) is 25.1. The van der Waals surface area contributed by atoms with Crippen LogP contribution in [0.3, 0.4) is 0 Å². The number of hydrogen-bond donors (Lipinski definition) is 2. The van der Waals surface area contributed by atoms with E-state index >= 15 is 0 Å². The number of para-hydroxylation sites is 1. The maximum absolute atomic E-state index is 12.2. The predicted octanol–water partition coefficient (Wildman–Crippen LogP) is 4.92. The number of benzene rings is 3.